The van der Waals surface area contributed by atoms with Crippen molar-refractivity contribution in [2.75, 3.05) is 20.1 Å². The number of nitrogens with one attached hydrogen (secondary N) is 3. The zero-order chi connectivity index (χ0) is 15.9. The molecule has 1 aromatic carbocycles. The molecule has 4 nitrogen and oxygen atoms in total. The van der Waals surface area contributed by atoms with E-state index < -0.39 is 0 Å². The van der Waals surface area contributed by atoms with E-state index in [2.05, 4.69) is 68.6 Å². The predicted octanol–water partition coefficient (Wildman–Crippen LogP) is 3.80. The Labute approximate surface area is 163 Å². The van der Waals surface area contributed by atoms with E-state index in [0.29, 0.717) is 0 Å². The van der Waals surface area contributed by atoms with Crippen molar-refractivity contribution in [1.82, 2.24) is 15.6 Å². The molecule has 0 fully saturated rings. The number of rotatable bonds is 6. The summed E-state index contributed by atoms with van der Waals surface area (Å²) in [5, 5.41) is 10.2. The van der Waals surface area contributed by atoms with Crippen LogP contribution in [0, 0.1) is 0 Å². The number of aromatic amines is 1. The summed E-state index contributed by atoms with van der Waals surface area (Å²) in [4.78, 5) is 8.99. The number of fused-ring (bicyclic) bond motifs is 1. The molecular formula is C18H23IN4S. The van der Waals surface area contributed by atoms with Gasteiger partial charge in [0.2, 0.25) is 0 Å². The van der Waals surface area contributed by atoms with Gasteiger partial charge < -0.3 is 15.6 Å². The molecule has 0 radical (unpaired) electrons. The SMILES string of the molecule is CN=C(NCCc1cccs1)NCCc1c[nH]c2ccccc12.I. The second-order valence-corrected chi connectivity index (χ2v) is 6.40. The minimum Gasteiger partial charge on any atom is -0.361 e. The second kappa shape index (κ2) is 9.68. The largest absolute Gasteiger partial charge is 0.361 e. The molecular weight excluding hydrogens is 431 g/mol. The van der Waals surface area contributed by atoms with Crippen LogP contribution in [0.15, 0.2) is 53.0 Å². The molecule has 0 amide bonds. The van der Waals surface area contributed by atoms with Crippen LogP contribution in [-0.4, -0.2) is 31.1 Å². The van der Waals surface area contributed by atoms with Crippen molar-refractivity contribution >= 4 is 52.2 Å². The second-order valence-electron chi connectivity index (χ2n) is 5.36. The minimum absolute atomic E-state index is 0. The summed E-state index contributed by atoms with van der Waals surface area (Å²) in [7, 11) is 1.81. The van der Waals surface area contributed by atoms with E-state index in [9.17, 15) is 0 Å². The Hall–Kier alpha value is -1.54. The molecule has 0 bridgehead atoms. The van der Waals surface area contributed by atoms with Crippen molar-refractivity contribution in [3.8, 4) is 0 Å². The van der Waals surface area contributed by atoms with Crippen LogP contribution >= 0.6 is 35.3 Å². The molecule has 0 aliphatic rings. The number of thiophene rings is 1. The smallest absolute Gasteiger partial charge is 0.190 e. The lowest BCUT2D eigenvalue weighted by molar-refractivity contribution is 0.789. The topological polar surface area (TPSA) is 52.2 Å². The van der Waals surface area contributed by atoms with Crippen LogP contribution in [0.25, 0.3) is 10.9 Å². The summed E-state index contributed by atoms with van der Waals surface area (Å²) < 4.78 is 0. The monoisotopic (exact) mass is 454 g/mol. The van der Waals surface area contributed by atoms with Gasteiger partial charge in [0.25, 0.3) is 0 Å². The third kappa shape index (κ3) is 4.98. The number of hydrogen-bond acceptors (Lipinski definition) is 2. The van der Waals surface area contributed by atoms with Crippen LogP contribution in [0.3, 0.4) is 0 Å². The van der Waals surface area contributed by atoms with Crippen molar-refractivity contribution in [3.05, 3.63) is 58.4 Å². The summed E-state index contributed by atoms with van der Waals surface area (Å²) in [6, 6.07) is 12.7. The highest BCUT2D eigenvalue weighted by molar-refractivity contribution is 14.0. The number of H-pyrrole nitrogens is 1. The average molecular weight is 454 g/mol. The van der Waals surface area contributed by atoms with Gasteiger partial charge in [0, 0.05) is 42.1 Å². The number of guanidine groups is 1. The maximum Gasteiger partial charge on any atom is 0.190 e. The van der Waals surface area contributed by atoms with Gasteiger partial charge >= 0.3 is 0 Å². The number of benzene rings is 1. The van der Waals surface area contributed by atoms with Crippen LogP contribution in [-0.2, 0) is 12.8 Å². The molecule has 0 saturated carbocycles. The molecule has 3 N–H and O–H groups in total. The van der Waals surface area contributed by atoms with Crippen molar-refractivity contribution in [3.63, 3.8) is 0 Å². The molecule has 3 aromatic rings. The lowest BCUT2D eigenvalue weighted by Gasteiger charge is -2.11. The van der Waals surface area contributed by atoms with Crippen LogP contribution in [0.1, 0.15) is 10.4 Å². The van der Waals surface area contributed by atoms with E-state index in [-0.39, 0.29) is 24.0 Å². The standard InChI is InChI=1S/C18H22N4S.HI/c1-19-18(21-11-9-15-5-4-12-23-15)20-10-8-14-13-22-17-7-3-2-6-16(14)17;/h2-7,12-13,22H,8-11H2,1H3,(H2,19,20,21);1H. The molecule has 2 aromatic heterocycles. The van der Waals surface area contributed by atoms with Crippen molar-refractivity contribution in [1.29, 1.82) is 0 Å². The van der Waals surface area contributed by atoms with Crippen LogP contribution < -0.4 is 10.6 Å². The van der Waals surface area contributed by atoms with E-state index >= 15 is 0 Å². The Morgan fingerprint density at radius 1 is 1.08 bits per heavy atom. The Bertz CT molecular complexity index is 764. The Balaban J connectivity index is 0.00000208. The predicted molar refractivity (Wildman–Crippen MR) is 115 cm³/mol. The first-order valence-corrected chi connectivity index (χ1v) is 8.76. The van der Waals surface area contributed by atoms with Gasteiger partial charge in [-0.05, 0) is 35.9 Å². The van der Waals surface area contributed by atoms with Gasteiger partial charge in [-0.1, -0.05) is 24.3 Å². The molecule has 24 heavy (non-hydrogen) atoms. The van der Waals surface area contributed by atoms with Gasteiger partial charge in [0.15, 0.2) is 5.96 Å². The molecule has 2 heterocycles. The number of nitrogens with zero attached hydrogens (tertiary/aromatic N) is 1. The van der Waals surface area contributed by atoms with E-state index in [4.69, 9.17) is 0 Å². The normalized spacial score (nSPS) is 11.3. The molecule has 0 atom stereocenters. The number of hydrogen-bond donors (Lipinski definition) is 3. The summed E-state index contributed by atoms with van der Waals surface area (Å²) in [6.07, 6.45) is 4.09. The Morgan fingerprint density at radius 3 is 2.62 bits per heavy atom. The molecule has 0 aliphatic carbocycles. The van der Waals surface area contributed by atoms with Gasteiger partial charge in [-0.25, -0.2) is 0 Å². The quantitative estimate of drug-likeness (QED) is 0.302. The molecule has 0 unspecified atom stereocenters. The number of aliphatic imine (C=N–C) groups is 1. The van der Waals surface area contributed by atoms with Gasteiger partial charge in [-0.2, -0.15) is 0 Å². The molecule has 6 heteroatoms. The summed E-state index contributed by atoms with van der Waals surface area (Å²) in [6.45, 7) is 1.76. The first kappa shape index (κ1) is 18.8. The average Bonchev–Trinajstić information content (AvgIpc) is 3.23. The molecule has 0 aliphatic heterocycles. The molecule has 0 saturated heterocycles. The highest BCUT2D eigenvalue weighted by Crippen LogP contribution is 2.17. The van der Waals surface area contributed by atoms with E-state index in [1.807, 2.05) is 7.05 Å². The first-order valence-electron chi connectivity index (χ1n) is 7.88. The van der Waals surface area contributed by atoms with Gasteiger partial charge in [-0.15, -0.1) is 35.3 Å². The Kier molecular flexibility index (Phi) is 7.58. The Morgan fingerprint density at radius 2 is 1.88 bits per heavy atom. The minimum atomic E-state index is 0. The maximum absolute atomic E-state index is 4.28. The zero-order valence-corrected chi connectivity index (χ0v) is 16.9. The van der Waals surface area contributed by atoms with E-state index in [1.165, 1.54) is 21.3 Å². The van der Waals surface area contributed by atoms with Crippen LogP contribution in [0.5, 0.6) is 0 Å². The zero-order valence-electron chi connectivity index (χ0n) is 13.7. The summed E-state index contributed by atoms with van der Waals surface area (Å²) >= 11 is 1.80. The lowest BCUT2D eigenvalue weighted by Crippen LogP contribution is -2.39. The highest BCUT2D eigenvalue weighted by Gasteiger charge is 2.03. The van der Waals surface area contributed by atoms with Crippen LogP contribution in [0.4, 0.5) is 0 Å². The molecule has 3 rings (SSSR count). The fourth-order valence-electron chi connectivity index (χ4n) is 2.63. The lowest BCUT2D eigenvalue weighted by atomic mass is 10.1. The number of aromatic nitrogens is 1. The van der Waals surface area contributed by atoms with Gasteiger partial charge in [0.05, 0.1) is 0 Å². The van der Waals surface area contributed by atoms with E-state index in [0.717, 1.165) is 31.9 Å². The molecule has 0 spiro atoms. The van der Waals surface area contributed by atoms with E-state index in [1.54, 1.807) is 11.3 Å². The molecule has 128 valence electrons. The maximum atomic E-state index is 4.28. The van der Waals surface area contributed by atoms with Crippen molar-refractivity contribution < 1.29 is 0 Å². The fraction of sp³-hybridized carbons (Fsp3) is 0.278. The summed E-state index contributed by atoms with van der Waals surface area (Å²) in [5.74, 6) is 0.862. The third-order valence-electron chi connectivity index (χ3n) is 3.83. The number of para-hydroxylation sites is 1. The first-order chi connectivity index (χ1) is 11.4. The van der Waals surface area contributed by atoms with Crippen molar-refractivity contribution in [2.45, 2.75) is 12.8 Å². The number of halogens is 1. The van der Waals surface area contributed by atoms with Crippen molar-refractivity contribution in [2.24, 2.45) is 4.99 Å². The van der Waals surface area contributed by atoms with Gasteiger partial charge in [0.1, 0.15) is 0 Å². The van der Waals surface area contributed by atoms with Crippen LogP contribution in [0.2, 0.25) is 0 Å². The third-order valence-corrected chi connectivity index (χ3v) is 4.77. The summed E-state index contributed by atoms with van der Waals surface area (Å²) in [5.41, 5.74) is 2.53. The fourth-order valence-corrected chi connectivity index (χ4v) is 3.34. The van der Waals surface area contributed by atoms with Gasteiger partial charge in [-0.3, -0.25) is 4.99 Å². The highest BCUT2D eigenvalue weighted by atomic mass is 127.